The van der Waals surface area contributed by atoms with Crippen molar-refractivity contribution in [3.63, 3.8) is 0 Å². The summed E-state index contributed by atoms with van der Waals surface area (Å²) in [5.74, 6) is -0.104. The normalized spacial score (nSPS) is 11.8. The highest BCUT2D eigenvalue weighted by Gasteiger charge is 2.21. The van der Waals surface area contributed by atoms with E-state index in [0.717, 1.165) is 11.3 Å². The molecule has 0 aliphatic heterocycles. The first-order chi connectivity index (χ1) is 11.7. The first-order valence-corrected chi connectivity index (χ1v) is 10.3. The summed E-state index contributed by atoms with van der Waals surface area (Å²) in [7, 11) is 0.476. The van der Waals surface area contributed by atoms with Gasteiger partial charge in [0.05, 0.1) is 15.8 Å². The van der Waals surface area contributed by atoms with Gasteiger partial charge in [-0.2, -0.15) is 4.31 Å². The molecule has 0 saturated heterocycles. The predicted molar refractivity (Wildman–Crippen MR) is 106 cm³/mol. The molecular formula is C18H22Cl2N2O2S. The molecule has 136 valence electrons. The van der Waals surface area contributed by atoms with E-state index in [9.17, 15) is 8.42 Å². The van der Waals surface area contributed by atoms with Crippen molar-refractivity contribution in [2.24, 2.45) is 0 Å². The van der Waals surface area contributed by atoms with Crippen LogP contribution in [0.25, 0.3) is 0 Å². The highest BCUT2D eigenvalue weighted by Crippen LogP contribution is 2.24. The molecule has 0 spiro atoms. The zero-order chi connectivity index (χ0) is 18.6. The molecule has 2 rings (SSSR count). The average Bonchev–Trinajstić information content (AvgIpc) is 2.56. The second-order valence-electron chi connectivity index (χ2n) is 5.99. The standard InChI is InChI=1S/C18H22Cl2N2O2S/c1-4-22(12-14-5-8-16(9-6-14)21(2)3)25(23,24)13-15-7-10-17(19)18(20)11-15/h5-11H,4,12-13H2,1-3H3. The van der Waals surface area contributed by atoms with Crippen LogP contribution < -0.4 is 4.90 Å². The Kier molecular flexibility index (Phi) is 6.74. The zero-order valence-corrected chi connectivity index (χ0v) is 16.9. The van der Waals surface area contributed by atoms with Crippen molar-refractivity contribution in [3.8, 4) is 0 Å². The molecule has 0 aliphatic carbocycles. The molecule has 0 bridgehead atoms. The number of hydrogen-bond donors (Lipinski definition) is 0. The van der Waals surface area contributed by atoms with E-state index >= 15 is 0 Å². The van der Waals surface area contributed by atoms with Crippen LogP contribution in [0.3, 0.4) is 0 Å². The van der Waals surface area contributed by atoms with Crippen molar-refractivity contribution in [2.45, 2.75) is 19.2 Å². The van der Waals surface area contributed by atoms with Gasteiger partial charge >= 0.3 is 0 Å². The van der Waals surface area contributed by atoms with E-state index in [2.05, 4.69) is 0 Å². The Labute approximate surface area is 160 Å². The number of hydrogen-bond acceptors (Lipinski definition) is 3. The van der Waals surface area contributed by atoms with Gasteiger partial charge in [0.25, 0.3) is 0 Å². The average molecular weight is 401 g/mol. The SMILES string of the molecule is CCN(Cc1ccc(N(C)C)cc1)S(=O)(=O)Cc1ccc(Cl)c(Cl)c1. The number of rotatable bonds is 7. The molecule has 0 atom stereocenters. The number of anilines is 1. The highest BCUT2D eigenvalue weighted by atomic mass is 35.5. The molecule has 0 radical (unpaired) electrons. The number of nitrogens with zero attached hydrogens (tertiary/aromatic N) is 2. The van der Waals surface area contributed by atoms with Gasteiger partial charge in [-0.05, 0) is 35.4 Å². The number of sulfonamides is 1. The third kappa shape index (κ3) is 5.35. The summed E-state index contributed by atoms with van der Waals surface area (Å²) in [5.41, 5.74) is 2.64. The Hall–Kier alpha value is -1.27. The smallest absolute Gasteiger partial charge is 0.218 e. The lowest BCUT2D eigenvalue weighted by molar-refractivity contribution is 0.423. The Morgan fingerprint density at radius 3 is 2.04 bits per heavy atom. The predicted octanol–water partition coefficient (Wildman–Crippen LogP) is 4.41. The molecule has 2 aromatic rings. The monoisotopic (exact) mass is 400 g/mol. The van der Waals surface area contributed by atoms with Crippen molar-refractivity contribution in [3.05, 3.63) is 63.6 Å². The van der Waals surface area contributed by atoms with Gasteiger partial charge in [-0.15, -0.1) is 0 Å². The molecule has 2 aromatic carbocycles. The molecule has 0 N–H and O–H groups in total. The first kappa shape index (κ1) is 20.0. The minimum absolute atomic E-state index is 0.104. The maximum Gasteiger partial charge on any atom is 0.218 e. The summed E-state index contributed by atoms with van der Waals surface area (Å²) < 4.78 is 27.0. The topological polar surface area (TPSA) is 40.6 Å². The van der Waals surface area contributed by atoms with Gasteiger partial charge in [-0.3, -0.25) is 0 Å². The summed E-state index contributed by atoms with van der Waals surface area (Å²) in [4.78, 5) is 2.00. The first-order valence-electron chi connectivity index (χ1n) is 7.91. The van der Waals surface area contributed by atoms with E-state index < -0.39 is 10.0 Å². The van der Waals surface area contributed by atoms with Gasteiger partial charge < -0.3 is 4.90 Å². The van der Waals surface area contributed by atoms with E-state index in [1.165, 1.54) is 4.31 Å². The Balaban J connectivity index is 2.15. The molecule has 7 heteroatoms. The van der Waals surface area contributed by atoms with E-state index in [1.54, 1.807) is 18.2 Å². The van der Waals surface area contributed by atoms with Crippen LogP contribution in [0.1, 0.15) is 18.1 Å². The molecule has 0 heterocycles. The van der Waals surface area contributed by atoms with Crippen LogP contribution in [0.5, 0.6) is 0 Å². The molecule has 0 unspecified atom stereocenters. The van der Waals surface area contributed by atoms with Crippen molar-refractivity contribution < 1.29 is 8.42 Å². The third-order valence-corrected chi connectivity index (χ3v) is 6.50. The fourth-order valence-corrected chi connectivity index (χ4v) is 4.28. The van der Waals surface area contributed by atoms with Gasteiger partial charge in [0.1, 0.15) is 0 Å². The van der Waals surface area contributed by atoms with E-state index in [0.29, 0.717) is 28.7 Å². The quantitative estimate of drug-likeness (QED) is 0.690. The molecule has 0 aliphatic rings. The van der Waals surface area contributed by atoms with Crippen LogP contribution >= 0.6 is 23.2 Å². The van der Waals surface area contributed by atoms with Gasteiger partial charge in [-0.1, -0.05) is 48.3 Å². The fraction of sp³-hybridized carbons (Fsp3) is 0.333. The van der Waals surface area contributed by atoms with Crippen LogP contribution in [0.4, 0.5) is 5.69 Å². The lowest BCUT2D eigenvalue weighted by Gasteiger charge is -2.21. The van der Waals surface area contributed by atoms with E-state index in [4.69, 9.17) is 23.2 Å². The largest absolute Gasteiger partial charge is 0.378 e. The Morgan fingerprint density at radius 1 is 0.920 bits per heavy atom. The van der Waals surface area contributed by atoms with Crippen molar-refractivity contribution in [1.29, 1.82) is 0 Å². The number of halogens is 2. The molecule has 0 aromatic heterocycles. The fourth-order valence-electron chi connectivity index (χ4n) is 2.44. The second kappa shape index (κ2) is 8.41. The summed E-state index contributed by atoms with van der Waals surface area (Å²) >= 11 is 11.9. The maximum absolute atomic E-state index is 12.7. The molecule has 0 saturated carbocycles. The molecule has 0 amide bonds. The molecule has 0 fully saturated rings. The van der Waals surface area contributed by atoms with Crippen LogP contribution in [-0.4, -0.2) is 33.4 Å². The van der Waals surface area contributed by atoms with Crippen LogP contribution in [0, 0.1) is 0 Å². The second-order valence-corrected chi connectivity index (χ2v) is 8.78. The summed E-state index contributed by atoms with van der Waals surface area (Å²) in [6, 6.07) is 12.8. The van der Waals surface area contributed by atoms with Crippen LogP contribution in [0.15, 0.2) is 42.5 Å². The molecular weight excluding hydrogens is 379 g/mol. The minimum Gasteiger partial charge on any atom is -0.378 e. The van der Waals surface area contributed by atoms with E-state index in [1.807, 2.05) is 50.2 Å². The van der Waals surface area contributed by atoms with Crippen molar-refractivity contribution in [2.75, 3.05) is 25.5 Å². The molecule has 25 heavy (non-hydrogen) atoms. The minimum atomic E-state index is -3.46. The van der Waals surface area contributed by atoms with Gasteiger partial charge in [0, 0.05) is 32.9 Å². The summed E-state index contributed by atoms with van der Waals surface area (Å²) in [6.45, 7) is 2.58. The van der Waals surface area contributed by atoms with Crippen LogP contribution in [-0.2, 0) is 22.3 Å². The van der Waals surface area contributed by atoms with Crippen LogP contribution in [0.2, 0.25) is 10.0 Å². The highest BCUT2D eigenvalue weighted by molar-refractivity contribution is 7.88. The maximum atomic E-state index is 12.7. The van der Waals surface area contributed by atoms with Crippen molar-refractivity contribution in [1.82, 2.24) is 4.31 Å². The van der Waals surface area contributed by atoms with Gasteiger partial charge in [-0.25, -0.2) is 8.42 Å². The van der Waals surface area contributed by atoms with Gasteiger partial charge in [0.2, 0.25) is 10.0 Å². The summed E-state index contributed by atoms with van der Waals surface area (Å²) in [6.07, 6.45) is 0. The summed E-state index contributed by atoms with van der Waals surface area (Å²) in [5, 5.41) is 0.771. The van der Waals surface area contributed by atoms with Crippen molar-refractivity contribution >= 4 is 38.9 Å². The lowest BCUT2D eigenvalue weighted by Crippen LogP contribution is -2.31. The number of benzene rings is 2. The lowest BCUT2D eigenvalue weighted by atomic mass is 10.2. The Morgan fingerprint density at radius 2 is 1.52 bits per heavy atom. The zero-order valence-electron chi connectivity index (χ0n) is 14.5. The van der Waals surface area contributed by atoms with Gasteiger partial charge in [0.15, 0.2) is 0 Å². The third-order valence-electron chi connectivity index (χ3n) is 3.89. The van der Waals surface area contributed by atoms with E-state index in [-0.39, 0.29) is 5.75 Å². The molecule has 4 nitrogen and oxygen atoms in total. The Bertz CT molecular complexity index is 821.